The molecule has 26 heavy (non-hydrogen) atoms. The van der Waals surface area contributed by atoms with E-state index in [0.29, 0.717) is 28.7 Å². The Morgan fingerprint density at radius 2 is 2.12 bits per heavy atom. The van der Waals surface area contributed by atoms with Gasteiger partial charge in [-0.05, 0) is 24.6 Å². The number of carbonyl (C=O) groups is 1. The fourth-order valence-corrected chi connectivity index (χ4v) is 4.44. The van der Waals surface area contributed by atoms with Crippen LogP contribution in [0.4, 0.5) is 11.5 Å². The molecule has 2 N–H and O–H groups in total. The van der Waals surface area contributed by atoms with Crippen molar-refractivity contribution < 1.29 is 17.9 Å². The Bertz CT molecular complexity index is 918. The molecule has 3 rings (SSSR count). The highest BCUT2D eigenvalue weighted by Crippen LogP contribution is 2.29. The molecule has 138 valence electrons. The second-order valence-corrected chi connectivity index (χ2v) is 8.50. The number of sulfone groups is 1. The smallest absolute Gasteiger partial charge is 0.271 e. The van der Waals surface area contributed by atoms with E-state index in [-0.39, 0.29) is 23.2 Å². The van der Waals surface area contributed by atoms with E-state index in [9.17, 15) is 13.2 Å². The minimum Gasteiger partial charge on any atom is -0.495 e. The Kier molecular flexibility index (Phi) is 5.28. The molecule has 2 heterocycles. The van der Waals surface area contributed by atoms with Crippen molar-refractivity contribution in [2.75, 3.05) is 23.9 Å². The zero-order chi connectivity index (χ0) is 18.7. The molecule has 1 aromatic heterocycles. The molecule has 8 nitrogen and oxygen atoms in total. The molecule has 0 spiro atoms. The van der Waals surface area contributed by atoms with Gasteiger partial charge in [0, 0.05) is 11.1 Å². The van der Waals surface area contributed by atoms with Crippen LogP contribution in [0, 0.1) is 0 Å². The maximum Gasteiger partial charge on any atom is 0.271 e. The number of halogens is 1. The van der Waals surface area contributed by atoms with Gasteiger partial charge in [0.05, 0.1) is 36.7 Å². The number of anilines is 2. The van der Waals surface area contributed by atoms with Gasteiger partial charge >= 0.3 is 0 Å². The van der Waals surface area contributed by atoms with Crippen molar-refractivity contribution >= 4 is 38.9 Å². The van der Waals surface area contributed by atoms with Crippen LogP contribution in [0.2, 0.25) is 5.02 Å². The Labute approximate surface area is 155 Å². The van der Waals surface area contributed by atoms with Gasteiger partial charge in [0.15, 0.2) is 9.84 Å². The fraction of sp³-hybridized carbons (Fsp3) is 0.312. The molecular formula is C16H17ClN4O4S. The van der Waals surface area contributed by atoms with Crippen LogP contribution in [0.3, 0.4) is 0 Å². The van der Waals surface area contributed by atoms with Crippen LogP contribution >= 0.6 is 11.6 Å². The first-order valence-electron chi connectivity index (χ1n) is 7.80. The van der Waals surface area contributed by atoms with Gasteiger partial charge in [0.1, 0.15) is 17.3 Å². The first-order valence-corrected chi connectivity index (χ1v) is 10.00. The molecule has 1 unspecified atom stereocenters. The van der Waals surface area contributed by atoms with E-state index in [4.69, 9.17) is 16.3 Å². The Morgan fingerprint density at radius 1 is 1.31 bits per heavy atom. The first kappa shape index (κ1) is 18.4. The molecule has 1 saturated heterocycles. The van der Waals surface area contributed by atoms with Gasteiger partial charge in [-0.15, -0.1) is 0 Å². The van der Waals surface area contributed by atoms with E-state index < -0.39 is 15.7 Å². The van der Waals surface area contributed by atoms with Crippen molar-refractivity contribution in [2.24, 2.45) is 0 Å². The van der Waals surface area contributed by atoms with Crippen molar-refractivity contribution in [3.63, 3.8) is 0 Å². The molecule has 1 aliphatic rings. The lowest BCUT2D eigenvalue weighted by Gasteiger charge is -2.12. The summed E-state index contributed by atoms with van der Waals surface area (Å²) in [4.78, 5) is 20.4. The van der Waals surface area contributed by atoms with Crippen LogP contribution in [0.5, 0.6) is 5.75 Å². The number of nitrogens with zero attached hydrogens (tertiary/aromatic N) is 2. The maximum atomic E-state index is 12.2. The van der Waals surface area contributed by atoms with Crippen LogP contribution < -0.4 is 15.4 Å². The average molecular weight is 397 g/mol. The highest BCUT2D eigenvalue weighted by Gasteiger charge is 2.29. The highest BCUT2D eigenvalue weighted by atomic mass is 35.5. The summed E-state index contributed by atoms with van der Waals surface area (Å²) in [5, 5.41) is 6.22. The van der Waals surface area contributed by atoms with Gasteiger partial charge < -0.3 is 15.4 Å². The van der Waals surface area contributed by atoms with Crippen molar-refractivity contribution in [3.05, 3.63) is 41.3 Å². The Balaban J connectivity index is 1.67. The van der Waals surface area contributed by atoms with Crippen molar-refractivity contribution in [3.8, 4) is 5.75 Å². The number of rotatable bonds is 5. The molecule has 1 atom stereocenters. The number of hydrogen-bond acceptors (Lipinski definition) is 7. The molecule has 0 radical (unpaired) electrons. The van der Waals surface area contributed by atoms with E-state index in [1.165, 1.54) is 19.5 Å². The van der Waals surface area contributed by atoms with Crippen molar-refractivity contribution in [1.82, 2.24) is 15.3 Å². The zero-order valence-electron chi connectivity index (χ0n) is 13.9. The number of nitrogens with one attached hydrogen (secondary N) is 2. The highest BCUT2D eigenvalue weighted by molar-refractivity contribution is 7.91. The quantitative estimate of drug-likeness (QED) is 0.792. The number of amides is 1. The van der Waals surface area contributed by atoms with E-state index in [0.717, 1.165) is 0 Å². The van der Waals surface area contributed by atoms with Gasteiger partial charge in [0.2, 0.25) is 0 Å². The summed E-state index contributed by atoms with van der Waals surface area (Å²) < 4.78 is 28.1. The minimum atomic E-state index is -3.06. The average Bonchev–Trinajstić information content (AvgIpc) is 2.94. The number of benzene rings is 1. The van der Waals surface area contributed by atoms with Crippen LogP contribution in [-0.2, 0) is 9.84 Å². The SMILES string of the molecule is COc1ccc(Cl)cc1Nc1cnc(C(=O)NC2CCS(=O)(=O)C2)cn1. The van der Waals surface area contributed by atoms with E-state index in [1.807, 2.05) is 0 Å². The molecular weight excluding hydrogens is 380 g/mol. The maximum absolute atomic E-state index is 12.2. The van der Waals surface area contributed by atoms with Crippen LogP contribution in [0.25, 0.3) is 0 Å². The summed E-state index contributed by atoms with van der Waals surface area (Å²) in [5.74, 6) is 0.589. The van der Waals surface area contributed by atoms with Crippen LogP contribution in [0.1, 0.15) is 16.9 Å². The van der Waals surface area contributed by atoms with Gasteiger partial charge in [-0.3, -0.25) is 4.79 Å². The number of carbonyl (C=O) groups excluding carboxylic acids is 1. The minimum absolute atomic E-state index is 0.0413. The lowest BCUT2D eigenvalue weighted by molar-refractivity contribution is 0.0935. The predicted octanol–water partition coefficient (Wildman–Crippen LogP) is 1.80. The first-order chi connectivity index (χ1) is 12.4. The van der Waals surface area contributed by atoms with Gasteiger partial charge in [0.25, 0.3) is 5.91 Å². The molecule has 2 aromatic rings. The summed E-state index contributed by atoms with van der Waals surface area (Å²) in [6.07, 6.45) is 3.13. The molecule has 1 aliphatic heterocycles. The normalized spacial score (nSPS) is 18.3. The molecule has 1 fully saturated rings. The lowest BCUT2D eigenvalue weighted by Crippen LogP contribution is -2.36. The molecule has 0 aliphatic carbocycles. The topological polar surface area (TPSA) is 110 Å². The second-order valence-electron chi connectivity index (χ2n) is 5.83. The third-order valence-corrected chi connectivity index (χ3v) is 5.88. The molecule has 1 amide bonds. The van der Waals surface area contributed by atoms with E-state index in [2.05, 4.69) is 20.6 Å². The van der Waals surface area contributed by atoms with Crippen LogP contribution in [0.15, 0.2) is 30.6 Å². The second kappa shape index (κ2) is 7.46. The van der Waals surface area contributed by atoms with Gasteiger partial charge in [-0.2, -0.15) is 0 Å². The standard InChI is InChI=1S/C16H17ClN4O4S/c1-25-14-3-2-10(17)6-12(14)21-15-8-18-13(7-19-15)16(22)20-11-4-5-26(23,24)9-11/h2-3,6-8,11H,4-5,9H2,1H3,(H,19,21)(H,20,22). The summed E-state index contributed by atoms with van der Waals surface area (Å²) >= 11 is 5.98. The summed E-state index contributed by atoms with van der Waals surface area (Å²) in [7, 11) is -1.52. The number of aromatic nitrogens is 2. The number of hydrogen-bond donors (Lipinski definition) is 2. The molecule has 0 bridgehead atoms. The largest absolute Gasteiger partial charge is 0.495 e. The van der Waals surface area contributed by atoms with E-state index >= 15 is 0 Å². The summed E-state index contributed by atoms with van der Waals surface area (Å²) in [6, 6.07) is 4.72. The third kappa shape index (κ3) is 4.41. The van der Waals surface area contributed by atoms with Gasteiger partial charge in [-0.1, -0.05) is 11.6 Å². The predicted molar refractivity (Wildman–Crippen MR) is 97.8 cm³/mol. The fourth-order valence-electron chi connectivity index (χ4n) is 2.59. The molecule has 10 heteroatoms. The Hall–Kier alpha value is -2.39. The number of ether oxygens (including phenoxy) is 1. The lowest BCUT2D eigenvalue weighted by atomic mass is 10.2. The molecule has 1 aromatic carbocycles. The Morgan fingerprint density at radius 3 is 2.73 bits per heavy atom. The van der Waals surface area contributed by atoms with Gasteiger partial charge in [-0.25, -0.2) is 18.4 Å². The summed E-state index contributed by atoms with van der Waals surface area (Å²) in [6.45, 7) is 0. The molecule has 0 saturated carbocycles. The third-order valence-electron chi connectivity index (χ3n) is 3.88. The zero-order valence-corrected chi connectivity index (χ0v) is 15.5. The number of methoxy groups -OCH3 is 1. The monoisotopic (exact) mass is 396 g/mol. The van der Waals surface area contributed by atoms with Crippen LogP contribution in [-0.4, -0.2) is 49.0 Å². The van der Waals surface area contributed by atoms with E-state index in [1.54, 1.807) is 18.2 Å². The van der Waals surface area contributed by atoms with Crippen molar-refractivity contribution in [2.45, 2.75) is 12.5 Å². The van der Waals surface area contributed by atoms with Crippen molar-refractivity contribution in [1.29, 1.82) is 0 Å². The summed E-state index contributed by atoms with van der Waals surface area (Å²) in [5.41, 5.74) is 0.723.